The van der Waals surface area contributed by atoms with Gasteiger partial charge in [-0.3, -0.25) is 0 Å². The molecule has 136 valence electrons. The molecule has 0 radical (unpaired) electrons. The lowest BCUT2D eigenvalue weighted by Gasteiger charge is -2.29. The predicted molar refractivity (Wildman–Crippen MR) is 91.3 cm³/mol. The van der Waals surface area contributed by atoms with Crippen LogP contribution in [0.15, 0.2) is 23.8 Å². The Morgan fingerprint density at radius 3 is 2.36 bits per heavy atom. The van der Waals surface area contributed by atoms with Gasteiger partial charge >= 0.3 is 11.9 Å². The lowest BCUT2D eigenvalue weighted by molar-refractivity contribution is -0.222. The molecule has 1 aliphatic heterocycles. The fourth-order valence-electron chi connectivity index (χ4n) is 2.23. The lowest BCUT2D eigenvalue weighted by atomic mass is 10.1. The van der Waals surface area contributed by atoms with Crippen molar-refractivity contribution in [2.45, 2.75) is 19.6 Å². The van der Waals surface area contributed by atoms with Gasteiger partial charge in [0.25, 0.3) is 5.79 Å². The minimum absolute atomic E-state index is 0.190. The number of para-hydroxylation sites is 1. The Morgan fingerprint density at radius 2 is 1.80 bits per heavy atom. The first-order chi connectivity index (χ1) is 11.7. The van der Waals surface area contributed by atoms with E-state index in [4.69, 9.17) is 18.9 Å². The molecule has 1 aromatic carbocycles. The lowest BCUT2D eigenvalue weighted by Crippen LogP contribution is -2.41. The summed E-state index contributed by atoms with van der Waals surface area (Å²) in [6.45, 7) is 4.12. The molecule has 0 amide bonds. The highest BCUT2D eigenvalue weighted by molar-refractivity contribution is 6.19. The van der Waals surface area contributed by atoms with Crippen LogP contribution >= 0.6 is 0 Å². The Labute approximate surface area is 147 Å². The van der Waals surface area contributed by atoms with Crippen molar-refractivity contribution in [2.24, 2.45) is 0 Å². The van der Waals surface area contributed by atoms with E-state index < -0.39 is 17.7 Å². The van der Waals surface area contributed by atoms with Crippen molar-refractivity contribution in [3.05, 3.63) is 29.3 Å². The molecule has 25 heavy (non-hydrogen) atoms. The largest absolute Gasteiger partial charge is 0.493 e. The van der Waals surface area contributed by atoms with Gasteiger partial charge in [-0.15, -0.1) is 0 Å². The van der Waals surface area contributed by atoms with E-state index in [0.29, 0.717) is 30.2 Å². The number of ether oxygens (including phenoxy) is 4. The Balaban J connectivity index is 2.35. The van der Waals surface area contributed by atoms with Crippen molar-refractivity contribution in [3.8, 4) is 11.5 Å². The maximum absolute atomic E-state index is 12.1. The van der Waals surface area contributed by atoms with Crippen molar-refractivity contribution in [1.82, 2.24) is 4.90 Å². The van der Waals surface area contributed by atoms with Crippen LogP contribution in [0.3, 0.4) is 0 Å². The topological polar surface area (TPSA) is 74.3 Å². The van der Waals surface area contributed by atoms with Crippen LogP contribution in [0.4, 0.5) is 0 Å². The number of likely N-dealkylation sites (N-methyl/N-ethyl adjacent to an activating group) is 1. The molecule has 7 heteroatoms. The standard InChI is InChI=1S/C18H23NO6/c1-18(2)24-16(20)13(17(21)25-18)11-12-7-6-8-14(22-5)15(12)23-10-9-19(3)4/h6-8,11H,9-10H2,1-5H3. The summed E-state index contributed by atoms with van der Waals surface area (Å²) in [6, 6.07) is 5.21. The van der Waals surface area contributed by atoms with Crippen molar-refractivity contribution in [2.75, 3.05) is 34.4 Å². The Bertz CT molecular complexity index is 671. The van der Waals surface area contributed by atoms with Crippen LogP contribution in [0.2, 0.25) is 0 Å². The van der Waals surface area contributed by atoms with E-state index in [1.165, 1.54) is 27.0 Å². The van der Waals surface area contributed by atoms with Gasteiger partial charge in [0, 0.05) is 26.0 Å². The summed E-state index contributed by atoms with van der Waals surface area (Å²) in [6.07, 6.45) is 1.40. The van der Waals surface area contributed by atoms with Crippen LogP contribution in [-0.4, -0.2) is 57.0 Å². The number of hydrogen-bond donors (Lipinski definition) is 0. The first-order valence-corrected chi connectivity index (χ1v) is 7.86. The zero-order valence-corrected chi connectivity index (χ0v) is 15.1. The maximum Gasteiger partial charge on any atom is 0.348 e. The molecule has 0 unspecified atom stereocenters. The summed E-state index contributed by atoms with van der Waals surface area (Å²) >= 11 is 0. The summed E-state index contributed by atoms with van der Waals surface area (Å²) in [5, 5.41) is 0. The normalized spacial score (nSPS) is 16.3. The van der Waals surface area contributed by atoms with Crippen LogP contribution in [0.25, 0.3) is 6.08 Å². The highest BCUT2D eigenvalue weighted by atomic mass is 16.7. The van der Waals surface area contributed by atoms with E-state index in [1.807, 2.05) is 19.0 Å². The van der Waals surface area contributed by atoms with Crippen LogP contribution in [0.1, 0.15) is 19.4 Å². The van der Waals surface area contributed by atoms with Crippen molar-refractivity contribution < 1.29 is 28.5 Å². The van der Waals surface area contributed by atoms with Crippen LogP contribution in [0.5, 0.6) is 11.5 Å². The third-order valence-corrected chi connectivity index (χ3v) is 3.43. The van der Waals surface area contributed by atoms with Crippen molar-refractivity contribution in [1.29, 1.82) is 0 Å². The van der Waals surface area contributed by atoms with Gasteiger partial charge in [0.15, 0.2) is 11.5 Å². The average molecular weight is 349 g/mol. The maximum atomic E-state index is 12.1. The fourth-order valence-corrected chi connectivity index (χ4v) is 2.23. The number of benzene rings is 1. The summed E-state index contributed by atoms with van der Waals surface area (Å²) in [5.41, 5.74) is 0.340. The van der Waals surface area contributed by atoms with Crippen LogP contribution < -0.4 is 9.47 Å². The molecule has 0 N–H and O–H groups in total. The highest BCUT2D eigenvalue weighted by Gasteiger charge is 2.39. The number of carbonyl (C=O) groups excluding carboxylic acids is 2. The number of nitrogens with zero attached hydrogens (tertiary/aromatic N) is 1. The van der Waals surface area contributed by atoms with Gasteiger partial charge in [-0.2, -0.15) is 0 Å². The third kappa shape index (κ3) is 4.73. The average Bonchev–Trinajstić information content (AvgIpc) is 2.50. The van der Waals surface area contributed by atoms with Gasteiger partial charge in [0.1, 0.15) is 12.2 Å². The molecule has 1 aromatic rings. The number of hydrogen-bond acceptors (Lipinski definition) is 7. The van der Waals surface area contributed by atoms with E-state index >= 15 is 0 Å². The molecule has 2 rings (SSSR count). The molecule has 0 aliphatic carbocycles. The highest BCUT2D eigenvalue weighted by Crippen LogP contribution is 2.34. The van der Waals surface area contributed by atoms with E-state index in [1.54, 1.807) is 18.2 Å². The SMILES string of the molecule is COc1cccc(C=C2C(=O)OC(C)(C)OC2=O)c1OCCN(C)C. The monoisotopic (exact) mass is 349 g/mol. The number of cyclic esters (lactones) is 2. The Hall–Kier alpha value is -2.54. The minimum Gasteiger partial charge on any atom is -0.493 e. The van der Waals surface area contributed by atoms with E-state index in [-0.39, 0.29) is 5.57 Å². The van der Waals surface area contributed by atoms with E-state index in [9.17, 15) is 9.59 Å². The third-order valence-electron chi connectivity index (χ3n) is 3.43. The van der Waals surface area contributed by atoms with Crippen molar-refractivity contribution >= 4 is 18.0 Å². The molecule has 0 saturated carbocycles. The molecular weight excluding hydrogens is 326 g/mol. The van der Waals surface area contributed by atoms with Gasteiger partial charge in [-0.1, -0.05) is 12.1 Å². The van der Waals surface area contributed by atoms with Crippen molar-refractivity contribution in [3.63, 3.8) is 0 Å². The molecule has 1 aliphatic rings. The smallest absolute Gasteiger partial charge is 0.348 e. The van der Waals surface area contributed by atoms with E-state index in [2.05, 4.69) is 0 Å². The molecule has 1 heterocycles. The number of rotatable bonds is 6. The molecule has 0 spiro atoms. The Morgan fingerprint density at radius 1 is 1.16 bits per heavy atom. The molecule has 0 aromatic heterocycles. The predicted octanol–water partition coefficient (Wildman–Crippen LogP) is 1.86. The number of esters is 2. The van der Waals surface area contributed by atoms with Crippen LogP contribution in [0, 0.1) is 0 Å². The molecule has 0 atom stereocenters. The van der Waals surface area contributed by atoms with Gasteiger partial charge < -0.3 is 23.8 Å². The first kappa shape index (κ1) is 18.8. The molecule has 7 nitrogen and oxygen atoms in total. The second-order valence-corrected chi connectivity index (χ2v) is 6.27. The second kappa shape index (κ2) is 7.57. The zero-order chi connectivity index (χ0) is 18.6. The summed E-state index contributed by atoms with van der Waals surface area (Å²) in [7, 11) is 5.39. The molecule has 1 saturated heterocycles. The van der Waals surface area contributed by atoms with Gasteiger partial charge in [-0.25, -0.2) is 9.59 Å². The van der Waals surface area contributed by atoms with Gasteiger partial charge in [0.2, 0.25) is 0 Å². The van der Waals surface area contributed by atoms with Crippen LogP contribution in [-0.2, 0) is 19.1 Å². The molecule has 1 fully saturated rings. The summed E-state index contributed by atoms with van der Waals surface area (Å²) in [5.74, 6) is -1.78. The zero-order valence-electron chi connectivity index (χ0n) is 15.1. The minimum atomic E-state index is -1.27. The quantitative estimate of drug-likeness (QED) is 0.441. The summed E-state index contributed by atoms with van der Waals surface area (Å²) in [4.78, 5) is 26.2. The summed E-state index contributed by atoms with van der Waals surface area (Å²) < 4.78 is 21.3. The number of carbonyl (C=O) groups is 2. The number of methoxy groups -OCH3 is 1. The van der Waals surface area contributed by atoms with Gasteiger partial charge in [0.05, 0.1) is 7.11 Å². The second-order valence-electron chi connectivity index (χ2n) is 6.27. The molecule has 0 bridgehead atoms. The molecular formula is C18H23NO6. The Kier molecular flexibility index (Phi) is 5.69. The first-order valence-electron chi connectivity index (χ1n) is 7.86. The van der Waals surface area contributed by atoms with E-state index in [0.717, 1.165) is 0 Å². The van der Waals surface area contributed by atoms with Gasteiger partial charge in [-0.05, 0) is 26.2 Å². The fraction of sp³-hybridized carbons (Fsp3) is 0.444.